The molecule has 0 aliphatic carbocycles. The van der Waals surface area contributed by atoms with E-state index in [9.17, 15) is 0 Å². The minimum absolute atomic E-state index is 0.251. The molecule has 86 valence electrons. The third-order valence-electron chi connectivity index (χ3n) is 2.54. The predicted octanol–water partition coefficient (Wildman–Crippen LogP) is 2.20. The molecule has 2 N–H and O–H groups in total. The highest BCUT2D eigenvalue weighted by Crippen LogP contribution is 2.25. The lowest BCUT2D eigenvalue weighted by Crippen LogP contribution is -2.24. The van der Waals surface area contributed by atoms with Gasteiger partial charge in [0.15, 0.2) is 0 Å². The molecule has 0 bridgehead atoms. The first-order valence-electron chi connectivity index (χ1n) is 5.28. The third-order valence-corrected chi connectivity index (χ3v) is 3.63. The average Bonchev–Trinajstić information content (AvgIpc) is 2.45. The van der Waals surface area contributed by atoms with E-state index in [1.54, 1.807) is 0 Å². The Bertz CT molecular complexity index is 318. The van der Waals surface area contributed by atoms with Crippen molar-refractivity contribution in [3.05, 3.63) is 11.8 Å². The van der Waals surface area contributed by atoms with Gasteiger partial charge in [-0.05, 0) is 31.4 Å². The quantitative estimate of drug-likeness (QED) is 0.784. The van der Waals surface area contributed by atoms with Crippen LogP contribution < -0.4 is 5.73 Å². The summed E-state index contributed by atoms with van der Waals surface area (Å²) >= 11 is 1.86. The molecule has 1 heterocycles. The standard InChI is InChI=1S/C11H21N3S/c1-9-7-10(14(4)13-9)15-6-5-11(2,3)8-12/h7H,5-6,8,12H2,1-4H3. The number of nitrogens with zero attached hydrogens (tertiary/aromatic N) is 2. The Morgan fingerprint density at radius 3 is 2.67 bits per heavy atom. The van der Waals surface area contributed by atoms with Gasteiger partial charge < -0.3 is 5.73 Å². The summed E-state index contributed by atoms with van der Waals surface area (Å²) in [6.45, 7) is 7.19. The maximum atomic E-state index is 5.69. The van der Waals surface area contributed by atoms with E-state index in [2.05, 4.69) is 25.0 Å². The lowest BCUT2D eigenvalue weighted by atomic mass is 9.91. The van der Waals surface area contributed by atoms with Crippen molar-refractivity contribution in [2.45, 2.75) is 32.2 Å². The van der Waals surface area contributed by atoms with E-state index in [-0.39, 0.29) is 5.41 Å². The number of aryl methyl sites for hydroxylation is 2. The zero-order valence-electron chi connectivity index (χ0n) is 10.1. The van der Waals surface area contributed by atoms with Gasteiger partial charge in [-0.15, -0.1) is 11.8 Å². The summed E-state index contributed by atoms with van der Waals surface area (Å²) in [4.78, 5) is 0. The number of hydrogen-bond donors (Lipinski definition) is 1. The number of hydrogen-bond acceptors (Lipinski definition) is 3. The lowest BCUT2D eigenvalue weighted by Gasteiger charge is -2.21. The van der Waals surface area contributed by atoms with E-state index >= 15 is 0 Å². The van der Waals surface area contributed by atoms with Crippen LogP contribution in [0.2, 0.25) is 0 Å². The second-order valence-corrected chi connectivity index (χ2v) is 5.83. The molecule has 4 heteroatoms. The third kappa shape index (κ3) is 3.87. The second kappa shape index (κ2) is 5.03. The predicted molar refractivity (Wildman–Crippen MR) is 66.1 cm³/mol. The van der Waals surface area contributed by atoms with Crippen LogP contribution >= 0.6 is 11.8 Å². The zero-order valence-corrected chi connectivity index (χ0v) is 10.9. The van der Waals surface area contributed by atoms with Gasteiger partial charge in [0.2, 0.25) is 0 Å². The van der Waals surface area contributed by atoms with Crippen LogP contribution in [-0.2, 0) is 7.05 Å². The van der Waals surface area contributed by atoms with Crippen LogP contribution in [0.4, 0.5) is 0 Å². The van der Waals surface area contributed by atoms with Crippen molar-refractivity contribution >= 4 is 11.8 Å². The molecule has 0 aliphatic rings. The number of rotatable bonds is 5. The van der Waals surface area contributed by atoms with E-state index in [0.717, 1.165) is 24.4 Å². The molecule has 0 spiro atoms. The molecule has 1 aromatic rings. The van der Waals surface area contributed by atoms with Crippen LogP contribution in [0, 0.1) is 12.3 Å². The van der Waals surface area contributed by atoms with Gasteiger partial charge in [0.05, 0.1) is 10.7 Å². The number of thioether (sulfide) groups is 1. The summed E-state index contributed by atoms with van der Waals surface area (Å²) < 4.78 is 1.94. The molecule has 0 amide bonds. The molecule has 0 saturated heterocycles. The largest absolute Gasteiger partial charge is 0.330 e. The molecule has 1 aromatic heterocycles. The summed E-state index contributed by atoms with van der Waals surface area (Å²) in [6, 6.07) is 2.13. The van der Waals surface area contributed by atoms with Crippen molar-refractivity contribution in [1.82, 2.24) is 9.78 Å². The summed E-state index contributed by atoms with van der Waals surface area (Å²) in [6.07, 6.45) is 1.14. The summed E-state index contributed by atoms with van der Waals surface area (Å²) in [5.74, 6) is 1.10. The number of nitrogens with two attached hydrogens (primary N) is 1. The Kier molecular flexibility index (Phi) is 4.22. The van der Waals surface area contributed by atoms with Gasteiger partial charge in [-0.3, -0.25) is 4.68 Å². The Balaban J connectivity index is 2.41. The van der Waals surface area contributed by atoms with Gasteiger partial charge in [0.25, 0.3) is 0 Å². The van der Waals surface area contributed by atoms with Crippen molar-refractivity contribution < 1.29 is 0 Å². The van der Waals surface area contributed by atoms with Crippen LogP contribution in [0.15, 0.2) is 11.1 Å². The molecule has 1 rings (SSSR count). The van der Waals surface area contributed by atoms with Crippen LogP contribution in [0.3, 0.4) is 0 Å². The van der Waals surface area contributed by atoms with Crippen molar-refractivity contribution in [1.29, 1.82) is 0 Å². The first-order valence-corrected chi connectivity index (χ1v) is 6.27. The monoisotopic (exact) mass is 227 g/mol. The Morgan fingerprint density at radius 1 is 1.53 bits per heavy atom. The molecular weight excluding hydrogens is 206 g/mol. The van der Waals surface area contributed by atoms with Gasteiger partial charge in [0.1, 0.15) is 0 Å². The minimum Gasteiger partial charge on any atom is -0.330 e. The average molecular weight is 227 g/mol. The molecular formula is C11H21N3S. The van der Waals surface area contributed by atoms with E-state index in [0.29, 0.717) is 0 Å². The van der Waals surface area contributed by atoms with Crippen LogP contribution in [0.25, 0.3) is 0 Å². The fourth-order valence-corrected chi connectivity index (χ4v) is 2.60. The normalized spacial score (nSPS) is 12.1. The Labute approximate surface area is 96.4 Å². The van der Waals surface area contributed by atoms with Crippen LogP contribution in [0.5, 0.6) is 0 Å². The SMILES string of the molecule is Cc1cc(SCCC(C)(C)CN)n(C)n1. The van der Waals surface area contributed by atoms with E-state index < -0.39 is 0 Å². The summed E-state index contributed by atoms with van der Waals surface area (Å²) in [7, 11) is 1.99. The maximum Gasteiger partial charge on any atom is 0.0939 e. The second-order valence-electron chi connectivity index (χ2n) is 4.71. The summed E-state index contributed by atoms with van der Waals surface area (Å²) in [5.41, 5.74) is 7.03. The van der Waals surface area contributed by atoms with Gasteiger partial charge in [-0.1, -0.05) is 13.8 Å². The fourth-order valence-electron chi connectivity index (χ4n) is 1.26. The van der Waals surface area contributed by atoms with Crippen molar-refractivity contribution in [3.63, 3.8) is 0 Å². The topological polar surface area (TPSA) is 43.8 Å². The highest BCUT2D eigenvalue weighted by molar-refractivity contribution is 7.99. The number of aromatic nitrogens is 2. The smallest absolute Gasteiger partial charge is 0.0939 e. The van der Waals surface area contributed by atoms with Crippen LogP contribution in [0.1, 0.15) is 26.0 Å². The first kappa shape index (κ1) is 12.6. The highest BCUT2D eigenvalue weighted by Gasteiger charge is 2.15. The minimum atomic E-state index is 0.251. The molecule has 0 radical (unpaired) electrons. The fraction of sp³-hybridized carbons (Fsp3) is 0.727. The molecule has 0 saturated carbocycles. The molecule has 0 aliphatic heterocycles. The van der Waals surface area contributed by atoms with Gasteiger partial charge in [-0.2, -0.15) is 5.10 Å². The molecule has 0 unspecified atom stereocenters. The van der Waals surface area contributed by atoms with E-state index in [4.69, 9.17) is 5.73 Å². The summed E-state index contributed by atoms with van der Waals surface area (Å²) in [5, 5.41) is 5.55. The van der Waals surface area contributed by atoms with Crippen molar-refractivity contribution in [3.8, 4) is 0 Å². The Hall–Kier alpha value is -0.480. The molecule has 0 fully saturated rings. The van der Waals surface area contributed by atoms with E-state index in [1.165, 1.54) is 5.03 Å². The lowest BCUT2D eigenvalue weighted by molar-refractivity contribution is 0.368. The van der Waals surface area contributed by atoms with Gasteiger partial charge >= 0.3 is 0 Å². The maximum absolute atomic E-state index is 5.69. The molecule has 0 atom stereocenters. The Morgan fingerprint density at radius 2 is 2.20 bits per heavy atom. The van der Waals surface area contributed by atoms with Crippen LogP contribution in [-0.4, -0.2) is 22.1 Å². The zero-order chi connectivity index (χ0) is 11.5. The van der Waals surface area contributed by atoms with Gasteiger partial charge in [-0.25, -0.2) is 0 Å². The first-order chi connectivity index (χ1) is 6.94. The van der Waals surface area contributed by atoms with E-state index in [1.807, 2.05) is 30.4 Å². The van der Waals surface area contributed by atoms with Crippen molar-refractivity contribution in [2.75, 3.05) is 12.3 Å². The highest BCUT2D eigenvalue weighted by atomic mass is 32.2. The van der Waals surface area contributed by atoms with Crippen molar-refractivity contribution in [2.24, 2.45) is 18.2 Å². The molecule has 0 aromatic carbocycles. The van der Waals surface area contributed by atoms with Gasteiger partial charge in [0, 0.05) is 12.8 Å². The molecule has 3 nitrogen and oxygen atoms in total. The molecule has 15 heavy (non-hydrogen) atoms.